The van der Waals surface area contributed by atoms with Crippen molar-refractivity contribution in [3.05, 3.63) is 54.1 Å². The number of nitrogens with one attached hydrogen (secondary N) is 1. The minimum absolute atomic E-state index is 0.00729. The van der Waals surface area contributed by atoms with Gasteiger partial charge in [-0.25, -0.2) is 0 Å². The molecular weight excluding hydrogens is 450 g/mol. The Kier molecular flexibility index (Phi) is 5.36. The molecule has 7 rings (SSSR count). The van der Waals surface area contributed by atoms with Gasteiger partial charge in [-0.05, 0) is 60.6 Å². The van der Waals surface area contributed by atoms with E-state index in [1.807, 2.05) is 30.3 Å². The summed E-state index contributed by atoms with van der Waals surface area (Å²) in [6.45, 7) is 13.5. The summed E-state index contributed by atoms with van der Waals surface area (Å²) >= 11 is 0. The van der Waals surface area contributed by atoms with E-state index >= 15 is 0 Å². The third kappa shape index (κ3) is 3.38. The number of amides is 1. The Hall–Kier alpha value is -2.40. The molecule has 2 saturated carbocycles. The summed E-state index contributed by atoms with van der Waals surface area (Å²) in [6.07, 6.45) is 6.62. The predicted octanol–water partition coefficient (Wildman–Crippen LogP) is 4.70. The molecule has 5 nitrogen and oxygen atoms in total. The SMILES string of the molecule is C=C[C@@H]1C=C(C)[C@H]2[C@H]3[C@H]1C(=O)[C@@H]1C[C@](O)(Cc4ccc(cc4)O[C@@H]3C3C(C)C[C@@H](C)C[C@]32C)NC1=O. The van der Waals surface area contributed by atoms with E-state index in [-0.39, 0.29) is 53.8 Å². The van der Waals surface area contributed by atoms with Crippen LogP contribution in [0.15, 0.2) is 48.6 Å². The highest BCUT2D eigenvalue weighted by Crippen LogP contribution is 2.67. The van der Waals surface area contributed by atoms with Crippen LogP contribution in [-0.2, 0) is 16.0 Å². The third-order valence-electron chi connectivity index (χ3n) is 10.4. The van der Waals surface area contributed by atoms with Gasteiger partial charge in [0.1, 0.15) is 29.3 Å². The minimum Gasteiger partial charge on any atom is -0.490 e. The number of ketones is 1. The fourth-order valence-electron chi connectivity index (χ4n) is 9.61. The van der Waals surface area contributed by atoms with Gasteiger partial charge in [0.15, 0.2) is 0 Å². The summed E-state index contributed by atoms with van der Waals surface area (Å²) in [7, 11) is 0. The highest BCUT2D eigenvalue weighted by molar-refractivity contribution is 6.04. The van der Waals surface area contributed by atoms with E-state index < -0.39 is 17.6 Å². The highest BCUT2D eigenvalue weighted by atomic mass is 16.5. The first kappa shape index (κ1) is 24.0. The molecule has 3 heterocycles. The molecular formula is C31H39NO4. The van der Waals surface area contributed by atoms with E-state index in [4.69, 9.17) is 4.74 Å². The topological polar surface area (TPSA) is 75.6 Å². The smallest absolute Gasteiger partial charge is 0.232 e. The van der Waals surface area contributed by atoms with Crippen LogP contribution in [0.4, 0.5) is 0 Å². The lowest BCUT2D eigenvalue weighted by molar-refractivity contribution is -0.137. The number of carbonyl (C=O) groups is 2. The maximum absolute atomic E-state index is 14.4. The normalized spacial score (nSPS) is 47.4. The number of hydrogen-bond acceptors (Lipinski definition) is 4. The Morgan fingerprint density at radius 3 is 2.58 bits per heavy atom. The second-order valence-corrected chi connectivity index (χ2v) is 12.9. The van der Waals surface area contributed by atoms with Gasteiger partial charge in [0.05, 0.1) is 0 Å². The summed E-state index contributed by atoms with van der Waals surface area (Å²) in [6, 6.07) is 7.92. The number of ether oxygens (including phenoxy) is 1. The number of aliphatic hydroxyl groups is 1. The van der Waals surface area contributed by atoms with Gasteiger partial charge >= 0.3 is 0 Å². The molecule has 36 heavy (non-hydrogen) atoms. The average molecular weight is 490 g/mol. The van der Waals surface area contributed by atoms with Gasteiger partial charge in [0, 0.05) is 36.5 Å². The molecule has 4 bridgehead atoms. The van der Waals surface area contributed by atoms with Gasteiger partial charge in [-0.3, -0.25) is 9.59 Å². The molecule has 192 valence electrons. The summed E-state index contributed by atoms with van der Waals surface area (Å²) in [5, 5.41) is 14.1. The van der Waals surface area contributed by atoms with Crippen molar-refractivity contribution in [2.24, 2.45) is 52.8 Å². The molecule has 11 atom stereocenters. The van der Waals surface area contributed by atoms with Crippen LogP contribution >= 0.6 is 0 Å². The van der Waals surface area contributed by atoms with Crippen molar-refractivity contribution in [1.29, 1.82) is 0 Å². The van der Waals surface area contributed by atoms with Gasteiger partial charge in [-0.1, -0.05) is 50.6 Å². The van der Waals surface area contributed by atoms with Gasteiger partial charge in [0.25, 0.3) is 0 Å². The van der Waals surface area contributed by atoms with Gasteiger partial charge < -0.3 is 15.2 Å². The standard InChI is InChI=1S/C31H39NO4/c1-6-20-12-18(4)25-24-23(20)27(33)22-15-31(35,32-29(22)34)14-19-7-9-21(10-8-19)36-28(24)26-17(3)11-16(2)13-30(25,26)5/h6-10,12,16-17,20,22-26,28,35H,1,11,13-15H2,2-5H3,(H,32,34)/t16-,17?,20-,22+,23+,24-,25+,26?,28+,30+,31-/m1/s1. The number of fused-ring (bicyclic) bond motifs is 4. The Labute approximate surface area is 214 Å². The molecule has 0 spiro atoms. The van der Waals surface area contributed by atoms with Crippen molar-refractivity contribution in [2.45, 2.75) is 65.2 Å². The minimum atomic E-state index is -1.42. The van der Waals surface area contributed by atoms with Gasteiger partial charge in [0.2, 0.25) is 5.91 Å². The Bertz CT molecular complexity index is 1140. The molecule has 2 N–H and O–H groups in total. The third-order valence-corrected chi connectivity index (χ3v) is 10.4. The molecule has 3 aliphatic carbocycles. The van der Waals surface area contributed by atoms with Crippen LogP contribution in [0.25, 0.3) is 0 Å². The molecule has 3 fully saturated rings. The predicted molar refractivity (Wildman–Crippen MR) is 138 cm³/mol. The van der Waals surface area contributed by atoms with Crippen molar-refractivity contribution in [3.8, 4) is 5.75 Å². The van der Waals surface area contributed by atoms with E-state index in [9.17, 15) is 14.7 Å². The van der Waals surface area contributed by atoms with E-state index in [0.29, 0.717) is 17.8 Å². The second kappa shape index (κ2) is 8.05. The van der Waals surface area contributed by atoms with Crippen LogP contribution in [0.1, 0.15) is 52.5 Å². The van der Waals surface area contributed by atoms with Crippen LogP contribution < -0.4 is 10.1 Å². The first-order chi connectivity index (χ1) is 17.0. The van der Waals surface area contributed by atoms with Crippen molar-refractivity contribution in [2.75, 3.05) is 0 Å². The summed E-state index contributed by atoms with van der Waals surface area (Å²) in [5.41, 5.74) is 0.815. The summed E-state index contributed by atoms with van der Waals surface area (Å²) in [4.78, 5) is 27.5. The molecule has 6 aliphatic rings. The van der Waals surface area contributed by atoms with Crippen LogP contribution in [0.3, 0.4) is 0 Å². The molecule has 3 aliphatic heterocycles. The Balaban J connectivity index is 1.56. The largest absolute Gasteiger partial charge is 0.490 e. The van der Waals surface area contributed by atoms with Crippen LogP contribution in [0, 0.1) is 52.8 Å². The maximum Gasteiger partial charge on any atom is 0.232 e. The van der Waals surface area contributed by atoms with Gasteiger partial charge in [-0.2, -0.15) is 0 Å². The molecule has 2 unspecified atom stereocenters. The van der Waals surface area contributed by atoms with Crippen LogP contribution in [0.5, 0.6) is 5.75 Å². The van der Waals surface area contributed by atoms with Gasteiger partial charge in [-0.15, -0.1) is 6.58 Å². The highest BCUT2D eigenvalue weighted by Gasteiger charge is 2.67. The number of benzene rings is 1. The van der Waals surface area contributed by atoms with Crippen LogP contribution in [-0.4, -0.2) is 28.6 Å². The van der Waals surface area contributed by atoms with E-state index in [2.05, 4.69) is 45.7 Å². The number of Topliss-reactive ketones (excluding diaryl/α,β-unsaturated/α-hetero) is 1. The Morgan fingerprint density at radius 2 is 1.89 bits per heavy atom. The molecule has 5 heteroatoms. The average Bonchev–Trinajstić information content (AvgIpc) is 3.24. The monoisotopic (exact) mass is 489 g/mol. The zero-order chi connectivity index (χ0) is 25.6. The fourth-order valence-corrected chi connectivity index (χ4v) is 9.61. The number of carbonyl (C=O) groups excluding carboxylic acids is 2. The lowest BCUT2D eigenvalue weighted by Gasteiger charge is -2.48. The zero-order valence-corrected chi connectivity index (χ0v) is 21.9. The van der Waals surface area contributed by atoms with Crippen molar-refractivity contribution in [3.63, 3.8) is 0 Å². The first-order valence-corrected chi connectivity index (χ1v) is 13.7. The molecule has 1 aromatic carbocycles. The molecule has 0 radical (unpaired) electrons. The second-order valence-electron chi connectivity index (χ2n) is 12.9. The molecule has 1 saturated heterocycles. The van der Waals surface area contributed by atoms with Crippen molar-refractivity contribution >= 4 is 11.7 Å². The number of allylic oxidation sites excluding steroid dienone is 3. The lowest BCUT2D eigenvalue weighted by atomic mass is 9.55. The zero-order valence-electron chi connectivity index (χ0n) is 21.9. The molecule has 1 aromatic rings. The first-order valence-electron chi connectivity index (χ1n) is 13.7. The Morgan fingerprint density at radius 1 is 1.17 bits per heavy atom. The van der Waals surface area contributed by atoms with Crippen LogP contribution in [0.2, 0.25) is 0 Å². The maximum atomic E-state index is 14.4. The fraction of sp³-hybridized carbons (Fsp3) is 0.613. The number of rotatable bonds is 1. The molecule has 0 aromatic heterocycles. The number of hydrogen-bond donors (Lipinski definition) is 2. The summed E-state index contributed by atoms with van der Waals surface area (Å²) in [5.74, 6) is 0.520. The van der Waals surface area contributed by atoms with E-state index in [1.165, 1.54) is 5.57 Å². The van der Waals surface area contributed by atoms with Crippen molar-refractivity contribution < 1.29 is 19.4 Å². The quantitative estimate of drug-likeness (QED) is 0.443. The van der Waals surface area contributed by atoms with E-state index in [0.717, 1.165) is 24.2 Å². The van der Waals surface area contributed by atoms with E-state index in [1.54, 1.807) is 0 Å². The summed E-state index contributed by atoms with van der Waals surface area (Å²) < 4.78 is 6.93. The van der Waals surface area contributed by atoms with Crippen molar-refractivity contribution in [1.82, 2.24) is 5.32 Å². The lowest BCUT2D eigenvalue weighted by Crippen LogP contribution is -2.46. The molecule has 1 amide bonds.